The van der Waals surface area contributed by atoms with E-state index in [2.05, 4.69) is 32.0 Å². The second kappa shape index (κ2) is 7.57. The molecule has 1 heteroatoms. The molecule has 1 aromatic rings. The second-order valence-corrected chi connectivity index (χ2v) is 3.33. The van der Waals surface area contributed by atoms with Crippen molar-refractivity contribution in [2.75, 3.05) is 6.61 Å². The smallest absolute Gasteiger partial charge is 0.0471 e. The molecule has 80 valence electrons. The van der Waals surface area contributed by atoms with Crippen LogP contribution >= 0.6 is 0 Å². The Labute approximate surface area is 87.8 Å². The molecule has 1 nitrogen and oxygen atoms in total. The molecule has 0 spiro atoms. The Bertz CT molecular complexity index is 241. The van der Waals surface area contributed by atoms with Crippen molar-refractivity contribution in [2.45, 2.75) is 40.0 Å². The monoisotopic (exact) mass is 194 g/mol. The van der Waals surface area contributed by atoms with E-state index < -0.39 is 0 Å². The molecular formula is C13H22O. The van der Waals surface area contributed by atoms with E-state index in [1.165, 1.54) is 11.1 Å². The fourth-order valence-electron chi connectivity index (χ4n) is 1.45. The topological polar surface area (TPSA) is 20.2 Å². The molecule has 1 aromatic carbocycles. The maximum Gasteiger partial charge on any atom is 0.0471 e. The SMILES string of the molecule is CC.CC(C)c1ccccc1CCO. The van der Waals surface area contributed by atoms with Gasteiger partial charge >= 0.3 is 0 Å². The lowest BCUT2D eigenvalue weighted by Gasteiger charge is -2.10. The number of benzene rings is 1. The van der Waals surface area contributed by atoms with E-state index in [1.54, 1.807) is 0 Å². The highest BCUT2D eigenvalue weighted by molar-refractivity contribution is 5.29. The largest absolute Gasteiger partial charge is 0.396 e. The van der Waals surface area contributed by atoms with Crippen molar-refractivity contribution >= 4 is 0 Å². The highest BCUT2D eigenvalue weighted by Crippen LogP contribution is 2.19. The van der Waals surface area contributed by atoms with Gasteiger partial charge in [-0.05, 0) is 23.5 Å². The van der Waals surface area contributed by atoms with Gasteiger partial charge in [0.2, 0.25) is 0 Å². The maximum absolute atomic E-state index is 8.83. The van der Waals surface area contributed by atoms with E-state index in [0.717, 1.165) is 6.42 Å². The minimum Gasteiger partial charge on any atom is -0.396 e. The van der Waals surface area contributed by atoms with Gasteiger partial charge in [-0.25, -0.2) is 0 Å². The van der Waals surface area contributed by atoms with Gasteiger partial charge in [-0.15, -0.1) is 0 Å². The van der Waals surface area contributed by atoms with E-state index in [-0.39, 0.29) is 6.61 Å². The van der Waals surface area contributed by atoms with Gasteiger partial charge in [-0.1, -0.05) is 52.0 Å². The minimum atomic E-state index is 0.240. The molecule has 1 rings (SSSR count). The van der Waals surface area contributed by atoms with Crippen molar-refractivity contribution in [3.8, 4) is 0 Å². The van der Waals surface area contributed by atoms with E-state index >= 15 is 0 Å². The van der Waals surface area contributed by atoms with Gasteiger partial charge in [0.05, 0.1) is 0 Å². The first kappa shape index (κ1) is 13.2. The molecule has 0 bridgehead atoms. The van der Waals surface area contributed by atoms with Crippen molar-refractivity contribution < 1.29 is 5.11 Å². The quantitative estimate of drug-likeness (QED) is 0.782. The Morgan fingerprint density at radius 2 is 1.71 bits per heavy atom. The van der Waals surface area contributed by atoms with Crippen LogP contribution in [0.1, 0.15) is 44.7 Å². The summed E-state index contributed by atoms with van der Waals surface area (Å²) in [6.45, 7) is 8.59. The van der Waals surface area contributed by atoms with E-state index in [9.17, 15) is 0 Å². The van der Waals surface area contributed by atoms with Crippen molar-refractivity contribution in [3.05, 3.63) is 35.4 Å². The summed E-state index contributed by atoms with van der Waals surface area (Å²) in [7, 11) is 0. The molecule has 0 aliphatic rings. The lowest BCUT2D eigenvalue weighted by molar-refractivity contribution is 0.299. The molecule has 0 aromatic heterocycles. The molecular weight excluding hydrogens is 172 g/mol. The lowest BCUT2D eigenvalue weighted by Crippen LogP contribution is -1.98. The molecule has 0 radical (unpaired) electrons. The summed E-state index contributed by atoms with van der Waals surface area (Å²) in [4.78, 5) is 0. The van der Waals surface area contributed by atoms with Crippen LogP contribution in [-0.4, -0.2) is 11.7 Å². The Kier molecular flexibility index (Phi) is 7.13. The number of hydrogen-bond acceptors (Lipinski definition) is 1. The third kappa shape index (κ3) is 3.93. The molecule has 1 N–H and O–H groups in total. The number of rotatable bonds is 3. The normalized spacial score (nSPS) is 9.57. The van der Waals surface area contributed by atoms with E-state index in [0.29, 0.717) is 5.92 Å². The van der Waals surface area contributed by atoms with Crippen LogP contribution in [0.3, 0.4) is 0 Å². The zero-order chi connectivity index (χ0) is 11.0. The van der Waals surface area contributed by atoms with Crippen LogP contribution in [0.4, 0.5) is 0 Å². The van der Waals surface area contributed by atoms with Gasteiger partial charge in [0.25, 0.3) is 0 Å². The van der Waals surface area contributed by atoms with Crippen LogP contribution in [0, 0.1) is 0 Å². The summed E-state index contributed by atoms with van der Waals surface area (Å²) in [5, 5.41) is 8.83. The summed E-state index contributed by atoms with van der Waals surface area (Å²) in [6, 6.07) is 8.30. The lowest BCUT2D eigenvalue weighted by atomic mass is 9.96. The number of hydrogen-bond donors (Lipinski definition) is 1. The van der Waals surface area contributed by atoms with Gasteiger partial charge in [-0.3, -0.25) is 0 Å². The summed E-state index contributed by atoms with van der Waals surface area (Å²) < 4.78 is 0. The fourth-order valence-corrected chi connectivity index (χ4v) is 1.45. The van der Waals surface area contributed by atoms with Gasteiger partial charge < -0.3 is 5.11 Å². The zero-order valence-electron chi connectivity index (χ0n) is 9.75. The highest BCUT2D eigenvalue weighted by Gasteiger charge is 2.03. The molecule has 0 heterocycles. The molecule has 0 aliphatic heterocycles. The Morgan fingerprint density at radius 1 is 1.14 bits per heavy atom. The summed E-state index contributed by atoms with van der Waals surface area (Å²) in [5.74, 6) is 0.549. The van der Waals surface area contributed by atoms with Crippen molar-refractivity contribution in [1.82, 2.24) is 0 Å². The first-order valence-corrected chi connectivity index (χ1v) is 5.44. The number of aliphatic hydroxyl groups is 1. The third-order valence-corrected chi connectivity index (χ3v) is 2.06. The molecule has 14 heavy (non-hydrogen) atoms. The van der Waals surface area contributed by atoms with E-state index in [1.807, 2.05) is 19.9 Å². The first-order valence-electron chi connectivity index (χ1n) is 5.44. The standard InChI is InChI=1S/C11H16O.C2H6/c1-9(2)11-6-4-3-5-10(11)7-8-12;1-2/h3-6,9,12H,7-8H2,1-2H3;1-2H3. The van der Waals surface area contributed by atoms with Gasteiger partial charge in [0.15, 0.2) is 0 Å². The Hall–Kier alpha value is -0.820. The van der Waals surface area contributed by atoms with Gasteiger partial charge in [0.1, 0.15) is 0 Å². The molecule has 0 aliphatic carbocycles. The van der Waals surface area contributed by atoms with Crippen molar-refractivity contribution in [2.24, 2.45) is 0 Å². The van der Waals surface area contributed by atoms with Crippen LogP contribution < -0.4 is 0 Å². The summed E-state index contributed by atoms with van der Waals surface area (Å²) >= 11 is 0. The van der Waals surface area contributed by atoms with Crippen LogP contribution in [-0.2, 0) is 6.42 Å². The molecule has 0 amide bonds. The summed E-state index contributed by atoms with van der Waals surface area (Å²) in [6.07, 6.45) is 0.772. The van der Waals surface area contributed by atoms with Crippen LogP contribution in [0.15, 0.2) is 24.3 Å². The number of aliphatic hydroxyl groups excluding tert-OH is 1. The maximum atomic E-state index is 8.83. The molecule has 0 saturated carbocycles. The molecule has 0 atom stereocenters. The van der Waals surface area contributed by atoms with Crippen LogP contribution in [0.5, 0.6) is 0 Å². The zero-order valence-corrected chi connectivity index (χ0v) is 9.75. The molecule has 0 saturated heterocycles. The van der Waals surface area contributed by atoms with Crippen LogP contribution in [0.25, 0.3) is 0 Å². The summed E-state index contributed by atoms with van der Waals surface area (Å²) in [5.41, 5.74) is 2.63. The second-order valence-electron chi connectivity index (χ2n) is 3.33. The van der Waals surface area contributed by atoms with Crippen molar-refractivity contribution in [1.29, 1.82) is 0 Å². The minimum absolute atomic E-state index is 0.240. The predicted molar refractivity (Wildman–Crippen MR) is 62.7 cm³/mol. The fraction of sp³-hybridized carbons (Fsp3) is 0.538. The van der Waals surface area contributed by atoms with Crippen molar-refractivity contribution in [3.63, 3.8) is 0 Å². The average molecular weight is 194 g/mol. The van der Waals surface area contributed by atoms with Gasteiger partial charge in [0, 0.05) is 6.61 Å². The third-order valence-electron chi connectivity index (χ3n) is 2.06. The molecule has 0 unspecified atom stereocenters. The van der Waals surface area contributed by atoms with E-state index in [4.69, 9.17) is 5.11 Å². The van der Waals surface area contributed by atoms with Crippen LogP contribution in [0.2, 0.25) is 0 Å². The molecule has 0 fully saturated rings. The predicted octanol–water partition coefficient (Wildman–Crippen LogP) is 3.37. The Morgan fingerprint density at radius 3 is 2.21 bits per heavy atom. The first-order chi connectivity index (χ1) is 6.75. The van der Waals surface area contributed by atoms with Gasteiger partial charge in [-0.2, -0.15) is 0 Å². The Balaban J connectivity index is 0.000000791. The highest BCUT2D eigenvalue weighted by atomic mass is 16.2. The average Bonchev–Trinajstić information content (AvgIpc) is 2.22.